The number of anilines is 1. The first-order chi connectivity index (χ1) is 10.5. The van der Waals surface area contributed by atoms with Crippen LogP contribution in [0.1, 0.15) is 13.8 Å². The van der Waals surface area contributed by atoms with Crippen molar-refractivity contribution in [1.29, 1.82) is 0 Å². The Morgan fingerprint density at radius 2 is 1.95 bits per heavy atom. The van der Waals surface area contributed by atoms with E-state index in [-0.39, 0.29) is 22.8 Å². The van der Waals surface area contributed by atoms with Crippen LogP contribution in [0.2, 0.25) is 0 Å². The van der Waals surface area contributed by atoms with E-state index in [0.29, 0.717) is 30.1 Å². The van der Waals surface area contributed by atoms with Crippen molar-refractivity contribution in [3.05, 3.63) is 46.7 Å². The zero-order chi connectivity index (χ0) is 15.7. The second kappa shape index (κ2) is 5.81. The Morgan fingerprint density at radius 1 is 1.23 bits per heavy atom. The lowest BCUT2D eigenvalue weighted by Crippen LogP contribution is -2.45. The molecular formula is C16H18N2O4. The van der Waals surface area contributed by atoms with Crippen LogP contribution >= 0.6 is 0 Å². The average Bonchev–Trinajstić information content (AvgIpc) is 2.99. The smallest absolute Gasteiger partial charge is 0.293 e. The largest absolute Gasteiger partial charge is 0.464 e. The second-order valence-corrected chi connectivity index (χ2v) is 5.60. The van der Waals surface area contributed by atoms with Gasteiger partial charge in [-0.15, -0.1) is 0 Å². The molecule has 0 aliphatic carbocycles. The Morgan fingerprint density at radius 3 is 2.55 bits per heavy atom. The molecule has 2 atom stereocenters. The van der Waals surface area contributed by atoms with Crippen LogP contribution in [0, 0.1) is 10.1 Å². The van der Waals surface area contributed by atoms with Crippen LogP contribution < -0.4 is 4.90 Å². The minimum Gasteiger partial charge on any atom is -0.464 e. The first-order valence-electron chi connectivity index (χ1n) is 7.27. The van der Waals surface area contributed by atoms with Crippen LogP contribution in [0.25, 0.3) is 11.3 Å². The topological polar surface area (TPSA) is 68.8 Å². The van der Waals surface area contributed by atoms with Crippen LogP contribution in [0.4, 0.5) is 11.4 Å². The molecule has 1 aliphatic heterocycles. The summed E-state index contributed by atoms with van der Waals surface area (Å²) in [5, 5.41) is 11.5. The summed E-state index contributed by atoms with van der Waals surface area (Å²) in [5.41, 5.74) is 1.42. The van der Waals surface area contributed by atoms with Crippen molar-refractivity contribution in [1.82, 2.24) is 0 Å². The monoisotopic (exact) mass is 302 g/mol. The van der Waals surface area contributed by atoms with Gasteiger partial charge in [0.1, 0.15) is 11.4 Å². The average molecular weight is 302 g/mol. The maximum atomic E-state index is 11.5. The quantitative estimate of drug-likeness (QED) is 0.641. The van der Waals surface area contributed by atoms with Gasteiger partial charge in [0.25, 0.3) is 5.69 Å². The molecule has 1 aromatic carbocycles. The Hall–Kier alpha value is -2.34. The molecule has 3 rings (SSSR count). The van der Waals surface area contributed by atoms with Gasteiger partial charge in [-0.25, -0.2) is 0 Å². The molecule has 6 heteroatoms. The van der Waals surface area contributed by atoms with Gasteiger partial charge in [0, 0.05) is 24.7 Å². The number of benzene rings is 1. The van der Waals surface area contributed by atoms with Gasteiger partial charge in [0.15, 0.2) is 0 Å². The van der Waals surface area contributed by atoms with Crippen LogP contribution in [0.5, 0.6) is 0 Å². The zero-order valence-electron chi connectivity index (χ0n) is 12.6. The van der Waals surface area contributed by atoms with E-state index in [0.717, 1.165) is 0 Å². The molecule has 1 aromatic heterocycles. The molecule has 1 saturated heterocycles. The number of ether oxygens (including phenoxy) is 1. The van der Waals surface area contributed by atoms with Gasteiger partial charge < -0.3 is 14.1 Å². The number of rotatable bonds is 3. The molecule has 0 radical (unpaired) electrons. The molecule has 6 nitrogen and oxygen atoms in total. The molecule has 22 heavy (non-hydrogen) atoms. The summed E-state index contributed by atoms with van der Waals surface area (Å²) in [6.45, 7) is 5.24. The highest BCUT2D eigenvalue weighted by Crippen LogP contribution is 2.34. The summed E-state index contributed by atoms with van der Waals surface area (Å²) in [4.78, 5) is 13.1. The van der Waals surface area contributed by atoms with Gasteiger partial charge in [-0.2, -0.15) is 0 Å². The molecule has 2 unspecified atom stereocenters. The number of hydrogen-bond donors (Lipinski definition) is 0. The Bertz CT molecular complexity index is 659. The number of hydrogen-bond acceptors (Lipinski definition) is 5. The number of nitro benzene ring substituents is 1. The van der Waals surface area contributed by atoms with Crippen LogP contribution in [0.15, 0.2) is 41.0 Å². The van der Waals surface area contributed by atoms with Gasteiger partial charge >= 0.3 is 0 Å². The lowest BCUT2D eigenvalue weighted by molar-refractivity contribution is -0.384. The molecule has 116 valence electrons. The van der Waals surface area contributed by atoms with Crippen molar-refractivity contribution >= 4 is 11.4 Å². The summed E-state index contributed by atoms with van der Waals surface area (Å²) in [5.74, 6) is 0.623. The summed E-state index contributed by atoms with van der Waals surface area (Å²) < 4.78 is 11.0. The molecule has 0 saturated carbocycles. The van der Waals surface area contributed by atoms with E-state index < -0.39 is 0 Å². The van der Waals surface area contributed by atoms with Crippen molar-refractivity contribution in [2.24, 2.45) is 0 Å². The van der Waals surface area contributed by atoms with Crippen LogP contribution in [-0.2, 0) is 4.74 Å². The Labute approximate surface area is 128 Å². The van der Waals surface area contributed by atoms with Crippen molar-refractivity contribution in [2.75, 3.05) is 18.0 Å². The lowest BCUT2D eigenvalue weighted by Gasteiger charge is -2.36. The number of nitrogens with zero attached hydrogens (tertiary/aromatic N) is 2. The fraction of sp³-hybridized carbons (Fsp3) is 0.375. The van der Waals surface area contributed by atoms with E-state index in [1.807, 2.05) is 24.8 Å². The standard InChI is InChI=1S/C16H18N2O4/c1-11-9-17(10-12(2)22-11)14-6-5-13(8-15(14)18(19)20)16-4-3-7-21-16/h3-8,11-12H,9-10H2,1-2H3. The maximum absolute atomic E-state index is 11.5. The van der Waals surface area contributed by atoms with E-state index in [1.165, 1.54) is 0 Å². The van der Waals surface area contributed by atoms with Crippen molar-refractivity contribution in [3.63, 3.8) is 0 Å². The molecule has 0 amide bonds. The van der Waals surface area contributed by atoms with E-state index in [4.69, 9.17) is 9.15 Å². The molecule has 0 bridgehead atoms. The van der Waals surface area contributed by atoms with Crippen molar-refractivity contribution in [3.8, 4) is 11.3 Å². The van der Waals surface area contributed by atoms with Gasteiger partial charge in [-0.1, -0.05) is 0 Å². The molecular weight excluding hydrogens is 284 g/mol. The SMILES string of the molecule is CC1CN(c2ccc(-c3ccco3)cc2[N+](=O)[O-])CC(C)O1. The summed E-state index contributed by atoms with van der Waals surface area (Å²) >= 11 is 0. The Kier molecular flexibility index (Phi) is 3.85. The zero-order valence-corrected chi connectivity index (χ0v) is 12.6. The van der Waals surface area contributed by atoms with E-state index in [1.54, 1.807) is 30.5 Å². The van der Waals surface area contributed by atoms with E-state index in [9.17, 15) is 10.1 Å². The summed E-state index contributed by atoms with van der Waals surface area (Å²) in [6.07, 6.45) is 1.65. The highest BCUT2D eigenvalue weighted by Gasteiger charge is 2.27. The molecule has 0 N–H and O–H groups in total. The normalized spacial score (nSPS) is 21.8. The third-order valence-corrected chi connectivity index (χ3v) is 3.74. The molecule has 1 aliphatic rings. The number of furan rings is 1. The fourth-order valence-electron chi connectivity index (χ4n) is 2.91. The highest BCUT2D eigenvalue weighted by molar-refractivity contribution is 5.72. The third-order valence-electron chi connectivity index (χ3n) is 3.74. The Balaban J connectivity index is 1.99. The predicted octanol–water partition coefficient (Wildman–Crippen LogP) is 3.47. The van der Waals surface area contributed by atoms with Crippen molar-refractivity contribution < 1.29 is 14.1 Å². The third kappa shape index (κ3) is 2.82. The van der Waals surface area contributed by atoms with Gasteiger partial charge in [0.05, 0.1) is 23.4 Å². The molecule has 2 heterocycles. The summed E-state index contributed by atoms with van der Waals surface area (Å²) in [6, 6.07) is 8.77. The van der Waals surface area contributed by atoms with Crippen molar-refractivity contribution in [2.45, 2.75) is 26.1 Å². The van der Waals surface area contributed by atoms with Gasteiger partial charge in [-0.3, -0.25) is 10.1 Å². The lowest BCUT2D eigenvalue weighted by atomic mass is 10.1. The fourth-order valence-corrected chi connectivity index (χ4v) is 2.91. The molecule has 1 fully saturated rings. The maximum Gasteiger partial charge on any atom is 0.293 e. The molecule has 0 spiro atoms. The first kappa shape index (κ1) is 14.6. The number of nitro groups is 1. The molecule has 2 aromatic rings. The van der Waals surface area contributed by atoms with Crippen LogP contribution in [-0.4, -0.2) is 30.2 Å². The van der Waals surface area contributed by atoms with Gasteiger partial charge in [0.2, 0.25) is 0 Å². The minimum atomic E-state index is -0.341. The number of morpholine rings is 1. The summed E-state index contributed by atoms with van der Waals surface area (Å²) in [7, 11) is 0. The first-order valence-corrected chi connectivity index (χ1v) is 7.27. The minimum absolute atomic E-state index is 0.0492. The second-order valence-electron chi connectivity index (χ2n) is 5.60. The predicted molar refractivity (Wildman–Crippen MR) is 83.0 cm³/mol. The van der Waals surface area contributed by atoms with E-state index in [2.05, 4.69) is 0 Å². The van der Waals surface area contributed by atoms with Crippen LogP contribution in [0.3, 0.4) is 0 Å². The highest BCUT2D eigenvalue weighted by atomic mass is 16.6. The van der Waals surface area contributed by atoms with Gasteiger partial charge in [-0.05, 0) is 38.1 Å². The van der Waals surface area contributed by atoms with E-state index >= 15 is 0 Å².